The van der Waals surface area contributed by atoms with E-state index in [1.54, 1.807) is 0 Å². The maximum atomic E-state index is 12.0. The quantitative estimate of drug-likeness (QED) is 0.778. The van der Waals surface area contributed by atoms with Crippen LogP contribution in [0.3, 0.4) is 0 Å². The molecule has 1 aromatic rings. The van der Waals surface area contributed by atoms with Crippen molar-refractivity contribution >= 4 is 6.03 Å². The van der Waals surface area contributed by atoms with Crippen molar-refractivity contribution in [2.45, 2.75) is 37.8 Å². The molecule has 3 aliphatic carbocycles. The molecule has 5 atom stereocenters. The molecule has 0 aliphatic heterocycles. The second kappa shape index (κ2) is 5.58. The van der Waals surface area contributed by atoms with E-state index in [9.17, 15) is 9.90 Å². The first-order chi connectivity index (χ1) is 10.7. The summed E-state index contributed by atoms with van der Waals surface area (Å²) in [4.78, 5) is 12.0. The maximum absolute atomic E-state index is 12.0. The Hall–Kier alpha value is -1.55. The first kappa shape index (κ1) is 14.1. The van der Waals surface area contributed by atoms with Gasteiger partial charge in [0, 0.05) is 19.0 Å². The van der Waals surface area contributed by atoms with Gasteiger partial charge in [0.1, 0.15) is 0 Å². The van der Waals surface area contributed by atoms with Crippen LogP contribution in [0.25, 0.3) is 0 Å². The number of rotatable bonds is 5. The van der Waals surface area contributed by atoms with Crippen LogP contribution in [-0.2, 0) is 6.42 Å². The zero-order valence-electron chi connectivity index (χ0n) is 12.7. The van der Waals surface area contributed by atoms with E-state index < -0.39 is 6.10 Å². The number of aliphatic hydroxyl groups excluding tert-OH is 1. The predicted octanol–water partition coefficient (Wildman–Crippen LogP) is 1.93. The van der Waals surface area contributed by atoms with E-state index in [4.69, 9.17) is 0 Å². The van der Waals surface area contributed by atoms with Crippen molar-refractivity contribution < 1.29 is 9.90 Å². The summed E-state index contributed by atoms with van der Waals surface area (Å²) in [6.45, 7) is 0.301. The van der Waals surface area contributed by atoms with Gasteiger partial charge in [0.2, 0.25) is 0 Å². The van der Waals surface area contributed by atoms with E-state index in [0.29, 0.717) is 19.0 Å². The minimum absolute atomic E-state index is 0.120. The first-order valence-corrected chi connectivity index (χ1v) is 8.48. The Balaban J connectivity index is 1.19. The van der Waals surface area contributed by atoms with Crippen LogP contribution in [0.1, 0.15) is 24.8 Å². The predicted molar refractivity (Wildman–Crippen MR) is 84.3 cm³/mol. The van der Waals surface area contributed by atoms with Crippen LogP contribution < -0.4 is 10.6 Å². The van der Waals surface area contributed by atoms with Crippen molar-refractivity contribution in [1.29, 1.82) is 0 Å². The second-order valence-electron chi connectivity index (χ2n) is 7.21. The number of urea groups is 1. The smallest absolute Gasteiger partial charge is 0.315 e. The number of fused-ring (bicyclic) bond motifs is 5. The van der Waals surface area contributed by atoms with Crippen LogP contribution >= 0.6 is 0 Å². The minimum Gasteiger partial charge on any atom is -0.391 e. The summed E-state index contributed by atoms with van der Waals surface area (Å²) < 4.78 is 0. The van der Waals surface area contributed by atoms with Gasteiger partial charge in [-0.15, -0.1) is 0 Å². The molecule has 1 aromatic carbocycles. The Kier molecular flexibility index (Phi) is 3.57. The zero-order valence-corrected chi connectivity index (χ0v) is 12.7. The van der Waals surface area contributed by atoms with Crippen molar-refractivity contribution in [2.75, 3.05) is 6.54 Å². The van der Waals surface area contributed by atoms with E-state index in [2.05, 4.69) is 10.6 Å². The van der Waals surface area contributed by atoms with Gasteiger partial charge in [-0.25, -0.2) is 4.79 Å². The van der Waals surface area contributed by atoms with Gasteiger partial charge in [-0.1, -0.05) is 30.3 Å². The average molecular weight is 300 g/mol. The minimum atomic E-state index is -0.539. The number of hydrogen-bond acceptors (Lipinski definition) is 2. The molecular formula is C18H24N2O2. The number of carbonyl (C=O) groups excluding carboxylic acids is 1. The van der Waals surface area contributed by atoms with Gasteiger partial charge in [0.25, 0.3) is 0 Å². The zero-order chi connectivity index (χ0) is 15.1. The highest BCUT2D eigenvalue weighted by molar-refractivity contribution is 5.74. The molecule has 3 saturated carbocycles. The van der Waals surface area contributed by atoms with Crippen molar-refractivity contribution in [2.24, 2.45) is 23.7 Å². The average Bonchev–Trinajstić information content (AvgIpc) is 2.91. The highest BCUT2D eigenvalue weighted by atomic mass is 16.3. The van der Waals surface area contributed by atoms with Crippen LogP contribution in [0.15, 0.2) is 30.3 Å². The first-order valence-electron chi connectivity index (χ1n) is 8.48. The normalized spacial score (nSPS) is 35.8. The summed E-state index contributed by atoms with van der Waals surface area (Å²) in [6, 6.07) is 10.1. The molecule has 4 rings (SSSR count). The summed E-state index contributed by atoms with van der Waals surface area (Å²) in [7, 11) is 0. The molecule has 4 heteroatoms. The van der Waals surface area contributed by atoms with Crippen LogP contribution in [0.2, 0.25) is 0 Å². The summed E-state index contributed by atoms with van der Waals surface area (Å²) in [6.07, 6.45) is 4.15. The van der Waals surface area contributed by atoms with Gasteiger partial charge in [-0.2, -0.15) is 0 Å². The lowest BCUT2D eigenvalue weighted by Crippen LogP contribution is -2.42. The molecule has 2 amide bonds. The molecule has 0 saturated heterocycles. The molecule has 3 aliphatic rings. The van der Waals surface area contributed by atoms with Gasteiger partial charge < -0.3 is 15.7 Å². The Labute approximate surface area is 131 Å². The molecule has 5 unspecified atom stereocenters. The summed E-state index contributed by atoms with van der Waals surface area (Å²) >= 11 is 0. The molecular weight excluding hydrogens is 276 g/mol. The van der Waals surface area contributed by atoms with Crippen LogP contribution in [-0.4, -0.2) is 29.8 Å². The van der Waals surface area contributed by atoms with Crippen LogP contribution in [0.5, 0.6) is 0 Å². The number of hydrogen-bond donors (Lipinski definition) is 3. The third kappa shape index (κ3) is 2.60. The Morgan fingerprint density at radius 3 is 2.55 bits per heavy atom. The van der Waals surface area contributed by atoms with Gasteiger partial charge in [-0.05, 0) is 48.5 Å². The van der Waals surface area contributed by atoms with E-state index >= 15 is 0 Å². The molecule has 0 heterocycles. The topological polar surface area (TPSA) is 61.4 Å². The number of aliphatic hydroxyl groups is 1. The monoisotopic (exact) mass is 300 g/mol. The van der Waals surface area contributed by atoms with Crippen molar-refractivity contribution in [3.8, 4) is 0 Å². The number of nitrogens with one attached hydrogen (secondary N) is 2. The highest BCUT2D eigenvalue weighted by Crippen LogP contribution is 2.65. The third-order valence-electron chi connectivity index (χ3n) is 5.85. The molecule has 3 N–H and O–H groups in total. The largest absolute Gasteiger partial charge is 0.391 e. The van der Waals surface area contributed by atoms with Crippen LogP contribution in [0, 0.1) is 23.7 Å². The van der Waals surface area contributed by atoms with E-state index in [0.717, 1.165) is 29.2 Å². The standard InChI is InChI=1S/C18H24N2O2/c21-14(8-11-4-2-1-3-5-11)10-19-18(22)20-17-15-12-6-7-13(9-12)16(15)17/h1-5,12-17,21H,6-10H2,(H2,19,20,22). The van der Waals surface area contributed by atoms with Crippen LogP contribution in [0.4, 0.5) is 4.79 Å². The molecule has 2 bridgehead atoms. The molecule has 0 radical (unpaired) electrons. The van der Waals surface area contributed by atoms with Gasteiger partial charge in [0.15, 0.2) is 0 Å². The molecule has 0 spiro atoms. The molecule has 118 valence electrons. The summed E-state index contributed by atoms with van der Waals surface area (Å²) in [5.41, 5.74) is 1.09. The fraction of sp³-hybridized carbons (Fsp3) is 0.611. The van der Waals surface area contributed by atoms with Crippen molar-refractivity contribution in [3.63, 3.8) is 0 Å². The fourth-order valence-corrected chi connectivity index (χ4v) is 4.89. The summed E-state index contributed by atoms with van der Waals surface area (Å²) in [5.74, 6) is 3.23. The fourth-order valence-electron chi connectivity index (χ4n) is 4.89. The van der Waals surface area contributed by atoms with Crippen molar-refractivity contribution in [3.05, 3.63) is 35.9 Å². The molecule has 22 heavy (non-hydrogen) atoms. The Bertz CT molecular complexity index is 531. The molecule has 0 aromatic heterocycles. The highest BCUT2D eigenvalue weighted by Gasteiger charge is 2.65. The van der Waals surface area contributed by atoms with E-state index in [1.165, 1.54) is 19.3 Å². The number of benzene rings is 1. The van der Waals surface area contributed by atoms with E-state index in [1.807, 2.05) is 30.3 Å². The molecule has 4 nitrogen and oxygen atoms in total. The van der Waals surface area contributed by atoms with E-state index in [-0.39, 0.29) is 6.03 Å². The molecule has 3 fully saturated rings. The lowest BCUT2D eigenvalue weighted by molar-refractivity contribution is 0.170. The lowest BCUT2D eigenvalue weighted by atomic mass is 10.0. The Morgan fingerprint density at radius 2 is 1.86 bits per heavy atom. The lowest BCUT2D eigenvalue weighted by Gasteiger charge is -2.14. The third-order valence-corrected chi connectivity index (χ3v) is 5.85. The van der Waals surface area contributed by atoms with Crippen molar-refractivity contribution in [1.82, 2.24) is 10.6 Å². The van der Waals surface area contributed by atoms with Gasteiger partial charge >= 0.3 is 6.03 Å². The summed E-state index contributed by atoms with van der Waals surface area (Å²) in [5, 5.41) is 15.9. The second-order valence-corrected chi connectivity index (χ2v) is 7.21. The SMILES string of the molecule is O=C(NCC(O)Cc1ccccc1)NC1C2C3CCC(C3)C12. The number of carbonyl (C=O) groups is 1. The van der Waals surface area contributed by atoms with Gasteiger partial charge in [-0.3, -0.25) is 0 Å². The Morgan fingerprint density at radius 1 is 1.18 bits per heavy atom. The van der Waals surface area contributed by atoms with Gasteiger partial charge in [0.05, 0.1) is 6.10 Å². The maximum Gasteiger partial charge on any atom is 0.315 e. The number of amides is 2.